The Morgan fingerprint density at radius 1 is 1.47 bits per heavy atom. The third-order valence-corrected chi connectivity index (χ3v) is 4.20. The lowest BCUT2D eigenvalue weighted by atomic mass is 10.3. The van der Waals surface area contributed by atoms with Crippen LogP contribution in [0, 0.1) is 0 Å². The number of sulfonamides is 1. The number of H-pyrrole nitrogens is 1. The lowest BCUT2D eigenvalue weighted by Gasteiger charge is -2.11. The lowest BCUT2D eigenvalue weighted by Crippen LogP contribution is -2.28. The number of hydrogen-bond donors (Lipinski definition) is 2. The van der Waals surface area contributed by atoms with Gasteiger partial charge >= 0.3 is 0 Å². The van der Waals surface area contributed by atoms with Crippen LogP contribution in [0.1, 0.15) is 25.7 Å². The van der Waals surface area contributed by atoms with E-state index in [4.69, 9.17) is 4.74 Å². The highest BCUT2D eigenvalue weighted by Gasteiger charge is 2.17. The summed E-state index contributed by atoms with van der Waals surface area (Å²) in [5.41, 5.74) is 0. The molecule has 1 aliphatic carbocycles. The molecule has 0 unspecified atom stereocenters. The molecule has 1 aromatic rings. The van der Waals surface area contributed by atoms with Crippen molar-refractivity contribution in [2.75, 3.05) is 13.2 Å². The summed E-state index contributed by atoms with van der Waals surface area (Å²) in [6.07, 6.45) is 7.53. The number of hydrogen-bond acceptors (Lipinski definition) is 4. The standard InChI is InChI=1S/C10H17N3O3S/c14-17(15,10-7-11-8-12-10)13-5-6-16-9-3-1-2-4-9/h7-9,13H,1-6H2,(H,11,12). The zero-order valence-electron chi connectivity index (χ0n) is 9.55. The number of imidazole rings is 1. The van der Waals surface area contributed by atoms with Crippen molar-refractivity contribution < 1.29 is 13.2 Å². The minimum absolute atomic E-state index is 0.0818. The SMILES string of the molecule is O=S(=O)(NCCOC1CCCC1)c1cnc[nH]1. The second kappa shape index (κ2) is 5.61. The highest BCUT2D eigenvalue weighted by atomic mass is 32.2. The van der Waals surface area contributed by atoms with E-state index in [1.165, 1.54) is 25.4 Å². The van der Waals surface area contributed by atoms with Gasteiger partial charge in [0.1, 0.15) is 0 Å². The van der Waals surface area contributed by atoms with Crippen LogP contribution in [0.5, 0.6) is 0 Å². The van der Waals surface area contributed by atoms with Crippen LogP contribution >= 0.6 is 0 Å². The maximum absolute atomic E-state index is 11.7. The van der Waals surface area contributed by atoms with Crippen LogP contribution in [0.15, 0.2) is 17.6 Å². The van der Waals surface area contributed by atoms with E-state index >= 15 is 0 Å². The third kappa shape index (κ3) is 3.52. The van der Waals surface area contributed by atoms with Crippen LogP contribution in [0.3, 0.4) is 0 Å². The van der Waals surface area contributed by atoms with Gasteiger partial charge in [0.05, 0.1) is 25.2 Å². The quantitative estimate of drug-likeness (QED) is 0.735. The van der Waals surface area contributed by atoms with Crippen LogP contribution in [0.2, 0.25) is 0 Å². The molecule has 0 aromatic carbocycles. The first kappa shape index (κ1) is 12.5. The van der Waals surface area contributed by atoms with Crippen LogP contribution in [0.4, 0.5) is 0 Å². The zero-order chi connectivity index (χ0) is 12.1. The van der Waals surface area contributed by atoms with Gasteiger partial charge in [-0.3, -0.25) is 0 Å². The number of ether oxygens (including phenoxy) is 1. The maximum atomic E-state index is 11.7. The molecular weight excluding hydrogens is 242 g/mol. The summed E-state index contributed by atoms with van der Waals surface area (Å²) in [5, 5.41) is 0.0818. The van der Waals surface area contributed by atoms with Gasteiger partial charge in [-0.25, -0.2) is 18.1 Å². The molecule has 7 heteroatoms. The van der Waals surface area contributed by atoms with Crippen molar-refractivity contribution in [2.24, 2.45) is 0 Å². The van der Waals surface area contributed by atoms with E-state index in [-0.39, 0.29) is 11.6 Å². The molecule has 0 radical (unpaired) electrons. The molecule has 0 bridgehead atoms. The van der Waals surface area contributed by atoms with Gasteiger partial charge in [0, 0.05) is 6.54 Å². The van der Waals surface area contributed by atoms with E-state index < -0.39 is 10.0 Å². The normalized spacial score (nSPS) is 17.6. The molecule has 1 heterocycles. The summed E-state index contributed by atoms with van der Waals surface area (Å²) in [7, 11) is -3.46. The Balaban J connectivity index is 1.71. The van der Waals surface area contributed by atoms with Crippen molar-refractivity contribution in [3.63, 3.8) is 0 Å². The molecule has 6 nitrogen and oxygen atoms in total. The largest absolute Gasteiger partial charge is 0.377 e. The Bertz CT molecular complexity index is 424. The average Bonchev–Trinajstić information content (AvgIpc) is 2.97. The predicted octanol–water partition coefficient (Wildman–Crippen LogP) is 0.647. The smallest absolute Gasteiger partial charge is 0.257 e. The van der Waals surface area contributed by atoms with E-state index in [1.807, 2.05) is 0 Å². The van der Waals surface area contributed by atoms with Crippen LogP contribution in [-0.2, 0) is 14.8 Å². The van der Waals surface area contributed by atoms with Crippen molar-refractivity contribution in [2.45, 2.75) is 36.8 Å². The number of aromatic amines is 1. The summed E-state index contributed by atoms with van der Waals surface area (Å²) in [6.45, 7) is 0.704. The Hall–Kier alpha value is -0.920. The second-order valence-electron chi connectivity index (χ2n) is 4.09. The molecule has 1 saturated carbocycles. The maximum Gasteiger partial charge on any atom is 0.257 e. The molecule has 96 valence electrons. The fourth-order valence-electron chi connectivity index (χ4n) is 1.92. The zero-order valence-corrected chi connectivity index (χ0v) is 10.4. The molecule has 0 saturated heterocycles. The highest BCUT2D eigenvalue weighted by Crippen LogP contribution is 2.20. The minimum Gasteiger partial charge on any atom is -0.377 e. The fraction of sp³-hybridized carbons (Fsp3) is 0.700. The van der Waals surface area contributed by atoms with Gasteiger partial charge in [0.15, 0.2) is 5.03 Å². The second-order valence-corrected chi connectivity index (χ2v) is 5.83. The molecule has 0 aliphatic heterocycles. The van der Waals surface area contributed by atoms with Gasteiger partial charge in [-0.2, -0.15) is 0 Å². The summed E-state index contributed by atoms with van der Waals surface area (Å²) in [5.74, 6) is 0. The molecular formula is C10H17N3O3S. The Morgan fingerprint density at radius 3 is 2.88 bits per heavy atom. The van der Waals surface area contributed by atoms with Gasteiger partial charge in [-0.15, -0.1) is 0 Å². The molecule has 0 amide bonds. The van der Waals surface area contributed by atoms with Gasteiger partial charge < -0.3 is 9.72 Å². The molecule has 1 aliphatic rings. The number of aromatic nitrogens is 2. The van der Waals surface area contributed by atoms with E-state index in [9.17, 15) is 8.42 Å². The van der Waals surface area contributed by atoms with E-state index in [0.29, 0.717) is 12.7 Å². The van der Waals surface area contributed by atoms with Crippen molar-refractivity contribution in [1.29, 1.82) is 0 Å². The summed E-state index contributed by atoms with van der Waals surface area (Å²) >= 11 is 0. The Morgan fingerprint density at radius 2 is 2.24 bits per heavy atom. The number of nitrogens with one attached hydrogen (secondary N) is 2. The van der Waals surface area contributed by atoms with Crippen LogP contribution in [-0.4, -0.2) is 37.6 Å². The van der Waals surface area contributed by atoms with Crippen molar-refractivity contribution in [3.8, 4) is 0 Å². The van der Waals surface area contributed by atoms with Gasteiger partial charge in [0.25, 0.3) is 10.0 Å². The van der Waals surface area contributed by atoms with Crippen molar-refractivity contribution in [1.82, 2.24) is 14.7 Å². The molecule has 0 spiro atoms. The third-order valence-electron chi connectivity index (χ3n) is 2.81. The first-order valence-corrected chi connectivity index (χ1v) is 7.26. The fourth-order valence-corrected chi connectivity index (χ4v) is 2.84. The lowest BCUT2D eigenvalue weighted by molar-refractivity contribution is 0.0626. The molecule has 2 rings (SSSR count). The van der Waals surface area contributed by atoms with Gasteiger partial charge in [-0.05, 0) is 12.8 Å². The van der Waals surface area contributed by atoms with Crippen molar-refractivity contribution in [3.05, 3.63) is 12.5 Å². The summed E-state index contributed by atoms with van der Waals surface area (Å²) < 4.78 is 31.3. The van der Waals surface area contributed by atoms with Gasteiger partial charge in [-0.1, -0.05) is 12.8 Å². The monoisotopic (exact) mass is 259 g/mol. The Labute approximate surface area is 101 Å². The number of rotatable bonds is 6. The molecule has 1 aromatic heterocycles. The average molecular weight is 259 g/mol. The van der Waals surface area contributed by atoms with E-state index in [2.05, 4.69) is 14.7 Å². The predicted molar refractivity (Wildman–Crippen MR) is 62.0 cm³/mol. The van der Waals surface area contributed by atoms with E-state index in [0.717, 1.165) is 12.8 Å². The molecule has 17 heavy (non-hydrogen) atoms. The minimum atomic E-state index is -3.46. The van der Waals surface area contributed by atoms with Crippen molar-refractivity contribution >= 4 is 10.0 Å². The van der Waals surface area contributed by atoms with Gasteiger partial charge in [0.2, 0.25) is 0 Å². The van der Waals surface area contributed by atoms with Crippen LogP contribution < -0.4 is 4.72 Å². The van der Waals surface area contributed by atoms with E-state index in [1.54, 1.807) is 0 Å². The molecule has 1 fully saturated rings. The summed E-state index contributed by atoms with van der Waals surface area (Å²) in [6, 6.07) is 0. The highest BCUT2D eigenvalue weighted by molar-refractivity contribution is 7.89. The van der Waals surface area contributed by atoms with Crippen LogP contribution in [0.25, 0.3) is 0 Å². The topological polar surface area (TPSA) is 84.1 Å². The summed E-state index contributed by atoms with van der Waals surface area (Å²) in [4.78, 5) is 6.23. The molecule has 2 N–H and O–H groups in total. The molecule has 0 atom stereocenters. The Kier molecular flexibility index (Phi) is 4.14. The number of nitrogens with zero attached hydrogens (tertiary/aromatic N) is 1. The first-order chi connectivity index (χ1) is 8.18. The first-order valence-electron chi connectivity index (χ1n) is 5.78.